The summed E-state index contributed by atoms with van der Waals surface area (Å²) in [5.74, 6) is -11.8. The van der Waals surface area contributed by atoms with E-state index in [9.17, 15) is 48.3 Å². The van der Waals surface area contributed by atoms with Gasteiger partial charge >= 0.3 is 29.4 Å². The van der Waals surface area contributed by atoms with Gasteiger partial charge in [0.15, 0.2) is 5.79 Å². The van der Waals surface area contributed by atoms with Crippen LogP contribution in [0.4, 0.5) is 0 Å². The van der Waals surface area contributed by atoms with Crippen LogP contribution in [0, 0.1) is 37.5 Å². The van der Waals surface area contributed by atoms with Crippen molar-refractivity contribution < 1.29 is 81.3 Å². The maximum atomic E-state index is 14.9. The van der Waals surface area contributed by atoms with Crippen LogP contribution < -0.4 is 21.3 Å². The van der Waals surface area contributed by atoms with Crippen molar-refractivity contribution >= 4 is 52.9 Å². The number of H-pyrrole nitrogens is 1. The maximum absolute atomic E-state index is 14.9. The minimum Gasteiger partial charge on any atom is -0.507 e. The normalized spacial score (nSPS) is 30.4. The molecule has 1 aromatic heterocycles. The highest BCUT2D eigenvalue weighted by Gasteiger charge is 2.53. The van der Waals surface area contributed by atoms with Crippen molar-refractivity contribution in [3.63, 3.8) is 0 Å². The fourth-order valence-corrected chi connectivity index (χ4v) is 11.6. The van der Waals surface area contributed by atoms with Crippen LogP contribution >= 0.6 is 11.8 Å². The number of aromatic amines is 1. The molecule has 442 valence electrons. The van der Waals surface area contributed by atoms with E-state index in [1.807, 2.05) is 33.8 Å². The number of phenolic OH excluding ortho intramolecular Hbond substituents is 1. The number of nitrogens with one attached hydrogen (secondary N) is 2. The lowest BCUT2D eigenvalue weighted by molar-refractivity contribution is -0.336. The number of ether oxygens (including phenoxy) is 9. The summed E-state index contributed by atoms with van der Waals surface area (Å²) in [7, 11) is 1.45. The number of amides is 1. The molecule has 3 N–H and O–H groups in total. The predicted molar refractivity (Wildman–Crippen MR) is 291 cm³/mol. The molecule has 6 aliphatic rings. The lowest BCUT2D eigenvalue weighted by Gasteiger charge is -2.50. The Labute approximate surface area is 475 Å². The number of hydrogen-bond donors (Lipinski definition) is 3. The number of ketones is 3. The standard InChI is InChI=1S/C56H68N6O19S/c1-25-14-13-15-26(2)52(70)58-42-44(67)40-39(45(68)50(42)82-21-20-74-37(64)16-17-38(65)75-24-35-33(60-61-57)22-36(78-35)62-23-27(3)53(71)59-54(62)72)41-49(29(5)43(40)66)81-56(11,51(41)69)76-19-18-34(73-12)28(4)47(77-32(8)63)31(7)48-30(6)46(25)79-55(9,10)80-48/h13-15,18-19,23,25,28,30-31,33-36,46-48,66H,16-17,20-22,24H2,1-12H3,(H,58,70)(H,59,71,72)/b14-13+,19-18+,26-15-/t25-,28+,30+,31-,33-,34-,35+,36+,46-,47+,48+,56-/m0/s1. The number of carbonyl (C=O) groups is 7. The van der Waals surface area contributed by atoms with Gasteiger partial charge in [0.2, 0.25) is 11.6 Å². The molecule has 25 nitrogen and oxygen atoms in total. The Hall–Kier alpha value is -7.35. The molecule has 1 aliphatic carbocycles. The molecule has 82 heavy (non-hydrogen) atoms. The van der Waals surface area contributed by atoms with Gasteiger partial charge in [-0.25, -0.2) is 4.79 Å². The molecule has 5 aliphatic heterocycles. The molecule has 1 aromatic carbocycles. The van der Waals surface area contributed by atoms with Gasteiger partial charge in [-0.05, 0) is 46.2 Å². The number of rotatable bonds is 13. The molecular formula is C56H68N6O19S. The summed E-state index contributed by atoms with van der Waals surface area (Å²) in [6.45, 7) is 17.4. The molecule has 7 bridgehead atoms. The van der Waals surface area contributed by atoms with Gasteiger partial charge < -0.3 is 53.1 Å². The topological polar surface area (TPSA) is 338 Å². The first-order valence-electron chi connectivity index (χ1n) is 26.6. The third kappa shape index (κ3) is 13.1. The molecule has 12 atom stereocenters. The van der Waals surface area contributed by atoms with Crippen LogP contribution in [0.1, 0.15) is 130 Å². The summed E-state index contributed by atoms with van der Waals surface area (Å²) in [6.07, 6.45) is 3.66. The van der Waals surface area contributed by atoms with Gasteiger partial charge in [0, 0.05) is 84.6 Å². The van der Waals surface area contributed by atoms with Crippen molar-refractivity contribution in [3.8, 4) is 11.5 Å². The first-order chi connectivity index (χ1) is 38.6. The number of thioether (sulfide) groups is 1. The zero-order chi connectivity index (χ0) is 60.3. The number of aromatic nitrogens is 2. The van der Waals surface area contributed by atoms with Gasteiger partial charge in [-0.15, -0.1) is 11.8 Å². The van der Waals surface area contributed by atoms with E-state index in [1.165, 1.54) is 66.3 Å². The zero-order valence-electron chi connectivity index (χ0n) is 47.6. The Morgan fingerprint density at radius 2 is 1.60 bits per heavy atom. The van der Waals surface area contributed by atoms with E-state index in [0.717, 1.165) is 4.57 Å². The molecular weight excluding hydrogens is 1090 g/mol. The first kappa shape index (κ1) is 62.3. The van der Waals surface area contributed by atoms with Gasteiger partial charge in [-0.3, -0.25) is 47.9 Å². The van der Waals surface area contributed by atoms with E-state index in [4.69, 9.17) is 48.2 Å². The number of azide groups is 1. The number of allylic oxidation sites excluding steroid dienone is 4. The molecule has 26 heteroatoms. The van der Waals surface area contributed by atoms with E-state index in [-0.39, 0.29) is 63.5 Å². The average Bonchev–Trinajstić information content (AvgIpc) is 3.87. The third-order valence-corrected chi connectivity index (χ3v) is 16.1. The molecule has 0 spiro atoms. The van der Waals surface area contributed by atoms with Crippen LogP contribution in [-0.2, 0) is 57.1 Å². The summed E-state index contributed by atoms with van der Waals surface area (Å²) < 4.78 is 54.8. The lowest BCUT2D eigenvalue weighted by Crippen LogP contribution is -2.56. The van der Waals surface area contributed by atoms with Gasteiger partial charge in [0.25, 0.3) is 17.2 Å². The minimum atomic E-state index is -2.18. The van der Waals surface area contributed by atoms with E-state index in [0.29, 0.717) is 11.8 Å². The molecule has 0 unspecified atom stereocenters. The SMILES string of the molecule is CO[C@H]1/C=C/O[C@@]2(C)Oc3c(C)c(O)c4c(c3C2=O)C(=O)C(SCCOC(=O)CCC(=O)OC[C@H]2O[C@@H](n3cc(C)c(=O)[nH]c3=O)C[C@@H]2N=[N+]=[N-])=C(NC(=O)/C(C)=C\C=C\[C@H](C)[C@@H]2OC(C)(C)O[C@@H]([C@@H](C)[C@H](OC(C)=O)[C@@H]1C)[C@@H]2C)C4=O. The maximum Gasteiger partial charge on any atom is 0.330 e. The molecule has 1 amide bonds. The van der Waals surface area contributed by atoms with Crippen LogP contribution in [0.25, 0.3) is 10.4 Å². The Kier molecular flexibility index (Phi) is 19.3. The molecule has 2 saturated heterocycles. The van der Waals surface area contributed by atoms with Crippen LogP contribution in [-0.4, -0.2) is 130 Å². The first-order valence-corrected chi connectivity index (χ1v) is 27.6. The van der Waals surface area contributed by atoms with Gasteiger partial charge in [-0.2, -0.15) is 0 Å². The number of aryl methyl sites for hydroxylation is 1. The fraction of sp³-hybridized carbons (Fsp3) is 0.554. The van der Waals surface area contributed by atoms with Crippen molar-refractivity contribution in [2.24, 2.45) is 28.8 Å². The largest absolute Gasteiger partial charge is 0.507 e. The number of aromatic hydroxyl groups is 1. The molecule has 8 rings (SSSR count). The molecule has 2 fully saturated rings. The monoisotopic (exact) mass is 1160 g/mol. The number of nitrogens with zero attached hydrogens (tertiary/aromatic N) is 4. The Morgan fingerprint density at radius 1 is 0.915 bits per heavy atom. The number of carbonyl (C=O) groups excluding carboxylic acids is 7. The number of hydrogen-bond acceptors (Lipinski definition) is 21. The van der Waals surface area contributed by atoms with Gasteiger partial charge in [0.05, 0.1) is 65.1 Å². The van der Waals surface area contributed by atoms with E-state index < -0.39 is 161 Å². The number of fused-ring (bicyclic) bond motifs is 10. The zero-order valence-corrected chi connectivity index (χ0v) is 48.4. The average molecular weight is 1160 g/mol. The van der Waals surface area contributed by atoms with Crippen molar-refractivity contribution in [3.05, 3.63) is 112 Å². The van der Waals surface area contributed by atoms with E-state index in [1.54, 1.807) is 19.9 Å². The van der Waals surface area contributed by atoms with Crippen molar-refractivity contribution in [1.29, 1.82) is 0 Å². The summed E-state index contributed by atoms with van der Waals surface area (Å²) in [6, 6.07) is -0.854. The Bertz CT molecular complexity index is 3230. The number of benzene rings is 1. The summed E-state index contributed by atoms with van der Waals surface area (Å²) in [4.78, 5) is 126. The molecule has 0 radical (unpaired) electrons. The minimum absolute atomic E-state index is 0.0285. The second kappa shape index (κ2) is 25.4. The Morgan fingerprint density at radius 3 is 2.27 bits per heavy atom. The number of esters is 3. The highest BCUT2D eigenvalue weighted by Crippen LogP contribution is 2.50. The molecule has 2 aromatic rings. The smallest absolute Gasteiger partial charge is 0.330 e. The van der Waals surface area contributed by atoms with Crippen molar-refractivity contribution in [2.45, 2.75) is 150 Å². The summed E-state index contributed by atoms with van der Waals surface area (Å²) in [5.41, 5.74) is 6.06. The molecule has 6 heterocycles. The number of Topliss-reactive ketones (excluding diaryl/α,β-unsaturated/α-hetero) is 3. The quantitative estimate of drug-likeness (QED) is 0.0503. The van der Waals surface area contributed by atoms with E-state index in [2.05, 4.69) is 20.3 Å². The van der Waals surface area contributed by atoms with E-state index >= 15 is 0 Å². The van der Waals surface area contributed by atoms with Gasteiger partial charge in [0.1, 0.15) is 48.8 Å². The van der Waals surface area contributed by atoms with Crippen LogP contribution in [0.15, 0.2) is 67.6 Å². The second-order valence-corrected chi connectivity index (χ2v) is 22.6. The fourth-order valence-electron chi connectivity index (χ4n) is 10.7. The summed E-state index contributed by atoms with van der Waals surface area (Å²) in [5, 5.41) is 17.9. The third-order valence-electron chi connectivity index (χ3n) is 15.1. The van der Waals surface area contributed by atoms with Crippen molar-refractivity contribution in [2.75, 3.05) is 26.1 Å². The van der Waals surface area contributed by atoms with Crippen LogP contribution in [0.2, 0.25) is 0 Å². The van der Waals surface area contributed by atoms with Crippen molar-refractivity contribution in [1.82, 2.24) is 14.9 Å². The van der Waals surface area contributed by atoms with Crippen LogP contribution in [0.5, 0.6) is 11.5 Å². The number of phenols is 1. The Balaban J connectivity index is 1.12. The highest BCUT2D eigenvalue weighted by molar-refractivity contribution is 8.04. The second-order valence-electron chi connectivity index (χ2n) is 21.4. The lowest BCUT2D eigenvalue weighted by atomic mass is 9.77. The highest BCUT2D eigenvalue weighted by atomic mass is 32.2. The van der Waals surface area contributed by atoms with Gasteiger partial charge in [-0.1, -0.05) is 51.0 Å². The predicted octanol–water partition coefficient (Wildman–Crippen LogP) is 6.18. The molecule has 0 saturated carbocycles. The number of methoxy groups -OCH3 is 1. The van der Waals surface area contributed by atoms with Crippen LogP contribution in [0.3, 0.4) is 0 Å². The summed E-state index contributed by atoms with van der Waals surface area (Å²) >= 11 is 0.714.